The number of benzene rings is 2. The Balaban J connectivity index is 0.00000280. The van der Waals surface area contributed by atoms with Crippen LogP contribution in [0.3, 0.4) is 0 Å². The number of likely N-dealkylation sites (N-methyl/N-ethyl adjacent to an activating group) is 1. The maximum Gasteiger partial charge on any atom is 0.251 e. The molecule has 0 aliphatic carbocycles. The molecule has 2 atom stereocenters. The normalized spacial score (nSPS) is 17.3. The summed E-state index contributed by atoms with van der Waals surface area (Å²) in [6, 6.07) is 18.8. The van der Waals surface area contributed by atoms with Crippen molar-refractivity contribution in [3.8, 4) is 0 Å². The van der Waals surface area contributed by atoms with Crippen LogP contribution in [-0.4, -0.2) is 42.9 Å². The molecular weight excluding hydrogens is 374 g/mol. The number of amides is 2. The van der Waals surface area contributed by atoms with Crippen LogP contribution in [0.1, 0.15) is 41.2 Å². The minimum Gasteiger partial charge on any atom is -0.345 e. The molecule has 0 aromatic heterocycles. The van der Waals surface area contributed by atoms with Gasteiger partial charge in [-0.2, -0.15) is 0 Å². The topological polar surface area (TPSA) is 61.4 Å². The Bertz CT molecular complexity index is 755. The smallest absolute Gasteiger partial charge is 0.251 e. The third-order valence-corrected chi connectivity index (χ3v) is 5.10. The van der Waals surface area contributed by atoms with Crippen molar-refractivity contribution >= 4 is 24.2 Å². The highest BCUT2D eigenvalue weighted by Crippen LogP contribution is 2.20. The van der Waals surface area contributed by atoms with Crippen molar-refractivity contribution in [2.45, 2.75) is 31.3 Å². The van der Waals surface area contributed by atoms with Crippen LogP contribution in [0.25, 0.3) is 0 Å². The lowest BCUT2D eigenvalue weighted by Crippen LogP contribution is -2.47. The monoisotopic (exact) mass is 401 g/mol. The number of piperidine rings is 1. The highest BCUT2D eigenvalue weighted by Gasteiger charge is 2.26. The predicted octanol–water partition coefficient (Wildman–Crippen LogP) is 3.18. The summed E-state index contributed by atoms with van der Waals surface area (Å²) in [5, 5.41) is 6.31. The van der Waals surface area contributed by atoms with Crippen LogP contribution in [0.5, 0.6) is 0 Å². The van der Waals surface area contributed by atoms with Crippen molar-refractivity contribution in [2.24, 2.45) is 0 Å². The van der Waals surface area contributed by atoms with Crippen molar-refractivity contribution in [3.63, 3.8) is 0 Å². The summed E-state index contributed by atoms with van der Waals surface area (Å²) < 4.78 is 0. The first-order valence-corrected chi connectivity index (χ1v) is 9.53. The highest BCUT2D eigenvalue weighted by atomic mass is 35.5. The molecule has 1 aliphatic heterocycles. The van der Waals surface area contributed by atoms with Gasteiger partial charge in [-0.25, -0.2) is 0 Å². The number of likely N-dealkylation sites (tertiary alicyclic amines) is 1. The quantitative estimate of drug-likeness (QED) is 0.781. The summed E-state index contributed by atoms with van der Waals surface area (Å²) >= 11 is 0. The van der Waals surface area contributed by atoms with Gasteiger partial charge in [0.25, 0.3) is 5.91 Å². The van der Waals surface area contributed by atoms with Gasteiger partial charge in [-0.05, 0) is 37.6 Å². The van der Waals surface area contributed by atoms with Gasteiger partial charge in [-0.1, -0.05) is 48.5 Å². The first-order chi connectivity index (χ1) is 13.2. The zero-order valence-corrected chi connectivity index (χ0v) is 17.0. The van der Waals surface area contributed by atoms with Gasteiger partial charge in [0.15, 0.2) is 0 Å². The van der Waals surface area contributed by atoms with E-state index in [1.165, 1.54) is 0 Å². The van der Waals surface area contributed by atoms with Crippen LogP contribution in [0.4, 0.5) is 0 Å². The number of hydrogen-bond acceptors (Lipinski definition) is 3. The van der Waals surface area contributed by atoms with Gasteiger partial charge in [0.05, 0.1) is 12.5 Å². The molecule has 28 heavy (non-hydrogen) atoms. The van der Waals surface area contributed by atoms with Crippen molar-refractivity contribution in [3.05, 3.63) is 71.8 Å². The SMILES string of the molecule is CNC1CCCN(C(=O)CC(NC(=O)c2ccccc2)c2ccccc2)C1.Cl. The molecule has 2 aromatic carbocycles. The maximum atomic E-state index is 12.9. The Kier molecular flexibility index (Phi) is 8.48. The van der Waals surface area contributed by atoms with Crippen molar-refractivity contribution in [1.29, 1.82) is 0 Å². The summed E-state index contributed by atoms with van der Waals surface area (Å²) in [4.78, 5) is 27.5. The molecule has 3 rings (SSSR count). The van der Waals surface area contributed by atoms with E-state index < -0.39 is 0 Å². The molecule has 1 heterocycles. The number of hydrogen-bond donors (Lipinski definition) is 2. The van der Waals surface area contributed by atoms with E-state index >= 15 is 0 Å². The fraction of sp³-hybridized carbons (Fsp3) is 0.364. The lowest BCUT2D eigenvalue weighted by Gasteiger charge is -2.33. The summed E-state index contributed by atoms with van der Waals surface area (Å²) in [7, 11) is 1.94. The Morgan fingerprint density at radius 1 is 1.07 bits per heavy atom. The second-order valence-corrected chi connectivity index (χ2v) is 6.97. The van der Waals surface area contributed by atoms with E-state index in [9.17, 15) is 9.59 Å². The molecule has 0 bridgehead atoms. The molecule has 6 heteroatoms. The van der Waals surface area contributed by atoms with Crippen LogP contribution in [-0.2, 0) is 4.79 Å². The van der Waals surface area contributed by atoms with Gasteiger partial charge < -0.3 is 15.5 Å². The van der Waals surface area contributed by atoms with Gasteiger partial charge in [-0.3, -0.25) is 9.59 Å². The number of nitrogens with zero attached hydrogens (tertiary/aromatic N) is 1. The van der Waals surface area contributed by atoms with Crippen molar-refractivity contribution in [1.82, 2.24) is 15.5 Å². The number of halogens is 1. The lowest BCUT2D eigenvalue weighted by atomic mass is 10.0. The Labute approximate surface area is 172 Å². The zero-order valence-electron chi connectivity index (χ0n) is 16.1. The molecule has 0 saturated carbocycles. The number of carbonyl (C=O) groups excluding carboxylic acids is 2. The summed E-state index contributed by atoms with van der Waals surface area (Å²) in [5.74, 6) is -0.0823. The van der Waals surface area contributed by atoms with Gasteiger partial charge in [0.2, 0.25) is 5.91 Å². The van der Waals surface area contributed by atoms with Gasteiger partial charge >= 0.3 is 0 Å². The first-order valence-electron chi connectivity index (χ1n) is 9.53. The summed E-state index contributed by atoms with van der Waals surface area (Å²) in [5.41, 5.74) is 1.54. The third-order valence-electron chi connectivity index (χ3n) is 5.10. The van der Waals surface area contributed by atoms with Crippen molar-refractivity contribution < 1.29 is 9.59 Å². The Morgan fingerprint density at radius 3 is 2.36 bits per heavy atom. The molecule has 2 unspecified atom stereocenters. The van der Waals surface area contributed by atoms with E-state index in [0.717, 1.165) is 31.5 Å². The average Bonchev–Trinajstić information content (AvgIpc) is 2.74. The Morgan fingerprint density at radius 2 is 1.71 bits per heavy atom. The summed E-state index contributed by atoms with van der Waals surface area (Å²) in [6.07, 6.45) is 2.36. The fourth-order valence-electron chi connectivity index (χ4n) is 3.51. The van der Waals surface area contributed by atoms with E-state index in [-0.39, 0.29) is 36.7 Å². The van der Waals surface area contributed by atoms with Crippen LogP contribution in [0.15, 0.2) is 60.7 Å². The molecule has 1 aliphatic rings. The van der Waals surface area contributed by atoms with E-state index in [2.05, 4.69) is 10.6 Å². The molecule has 2 amide bonds. The number of rotatable bonds is 6. The summed E-state index contributed by atoms with van der Waals surface area (Å²) in [6.45, 7) is 1.51. The standard InChI is InChI=1S/C22H27N3O2.ClH/c1-23-19-13-8-14-25(16-19)21(26)15-20(17-9-4-2-5-10-17)24-22(27)18-11-6-3-7-12-18;/h2-7,9-12,19-20,23H,8,13-16H2,1H3,(H,24,27);1H. The molecule has 0 radical (unpaired) electrons. The fourth-order valence-corrected chi connectivity index (χ4v) is 3.51. The minimum absolute atomic E-state index is 0. The van der Waals surface area contributed by atoms with Gasteiger partial charge in [-0.15, -0.1) is 12.4 Å². The molecule has 0 spiro atoms. The average molecular weight is 402 g/mol. The molecule has 1 fully saturated rings. The number of nitrogens with one attached hydrogen (secondary N) is 2. The highest BCUT2D eigenvalue weighted by molar-refractivity contribution is 5.94. The van der Waals surface area contributed by atoms with Crippen LogP contribution in [0.2, 0.25) is 0 Å². The molecule has 150 valence electrons. The first kappa shape index (κ1) is 21.9. The predicted molar refractivity (Wildman–Crippen MR) is 114 cm³/mol. The molecule has 5 nitrogen and oxygen atoms in total. The molecule has 2 aromatic rings. The van der Waals surface area contributed by atoms with Crippen molar-refractivity contribution in [2.75, 3.05) is 20.1 Å². The van der Waals surface area contributed by atoms with Gasteiger partial charge in [0, 0.05) is 24.7 Å². The van der Waals surface area contributed by atoms with E-state index in [1.54, 1.807) is 12.1 Å². The lowest BCUT2D eigenvalue weighted by molar-refractivity contribution is -0.133. The largest absolute Gasteiger partial charge is 0.345 e. The molecular formula is C22H28ClN3O2. The second-order valence-electron chi connectivity index (χ2n) is 6.97. The molecule has 1 saturated heterocycles. The van der Waals surface area contributed by atoms with Gasteiger partial charge in [0.1, 0.15) is 0 Å². The Hall–Kier alpha value is -2.37. The maximum absolute atomic E-state index is 12.9. The van der Waals surface area contributed by atoms with E-state index in [0.29, 0.717) is 11.6 Å². The molecule has 2 N–H and O–H groups in total. The third kappa shape index (κ3) is 5.81. The van der Waals surface area contributed by atoms with Crippen LogP contribution >= 0.6 is 12.4 Å². The van der Waals surface area contributed by atoms with Crippen LogP contribution < -0.4 is 10.6 Å². The second kappa shape index (κ2) is 10.8. The number of carbonyl (C=O) groups is 2. The van der Waals surface area contributed by atoms with Crippen LogP contribution in [0, 0.1) is 0 Å². The van der Waals surface area contributed by atoms with E-state index in [4.69, 9.17) is 0 Å². The minimum atomic E-state index is -0.346. The zero-order chi connectivity index (χ0) is 19.1. The van der Waals surface area contributed by atoms with E-state index in [1.807, 2.05) is 60.5 Å².